The van der Waals surface area contributed by atoms with Crippen LogP contribution in [0, 0.1) is 18.6 Å². The van der Waals surface area contributed by atoms with Crippen LogP contribution in [0.3, 0.4) is 0 Å². The average Bonchev–Trinajstić information content (AvgIpc) is 3.66. The molecule has 6 atom stereocenters. The molecule has 0 aliphatic carbocycles. The molecule has 2 fully saturated rings. The van der Waals surface area contributed by atoms with E-state index in [-0.39, 0.29) is 45.7 Å². The van der Waals surface area contributed by atoms with Crippen LogP contribution in [0.2, 0.25) is 5.02 Å². The predicted molar refractivity (Wildman–Crippen MR) is 153 cm³/mol. The van der Waals surface area contributed by atoms with Crippen molar-refractivity contribution < 1.29 is 41.6 Å². The van der Waals surface area contributed by atoms with Crippen LogP contribution in [-0.4, -0.2) is 60.1 Å². The summed E-state index contributed by atoms with van der Waals surface area (Å²) in [5, 5.41) is 27.3. The third kappa shape index (κ3) is 5.44. The standard InChI is InChI=1S/C31H30ClF5N4O4/c1-14(2)18-6-7-19(23(34)22(18)33)16-10-38-41(12-16)24-25(42)27(45-28-26(24)44-13-30(28,4)43)29-39-15(3)11-40(29)21-9-17(32)5-8-20(21)31(35,36)37/h5-12,14,24-28,42-43H,13H2,1-4H3/t24?,25?,26-,27-,28?,30?/m1/s1. The minimum absolute atomic E-state index is 0.0413. The lowest BCUT2D eigenvalue weighted by molar-refractivity contribution is -0.208. The number of hydrogen-bond acceptors (Lipinski definition) is 6. The first-order chi connectivity index (χ1) is 21.1. The molecule has 4 heterocycles. The Hall–Kier alpha value is -3.36. The van der Waals surface area contributed by atoms with Gasteiger partial charge in [-0.3, -0.25) is 4.68 Å². The Labute approximate surface area is 260 Å². The van der Waals surface area contributed by atoms with Crippen molar-refractivity contribution in [1.29, 1.82) is 0 Å². The van der Waals surface area contributed by atoms with Crippen LogP contribution in [0.4, 0.5) is 22.0 Å². The fraction of sp³-hybridized carbons (Fsp3) is 0.419. The zero-order chi connectivity index (χ0) is 32.6. The molecule has 4 aromatic rings. The molecule has 0 spiro atoms. The summed E-state index contributed by atoms with van der Waals surface area (Å²) in [5.41, 5.74) is -2.18. The number of ether oxygens (including phenoxy) is 2. The van der Waals surface area contributed by atoms with Gasteiger partial charge in [0.25, 0.3) is 0 Å². The second-order valence-electron chi connectivity index (χ2n) is 12.1. The topological polar surface area (TPSA) is 94.6 Å². The highest BCUT2D eigenvalue weighted by atomic mass is 35.5. The molecule has 0 bridgehead atoms. The SMILES string of the molecule is Cc1cn(-c2cc(Cl)ccc2C(F)(F)F)c([C@@H]2OC3[C@H](OCC3(C)O)C(n3cc(-c4ccc(C(C)C)c(F)c4F)cn3)C2O)n1. The molecular weight excluding hydrogens is 623 g/mol. The molecular formula is C31H30ClF5N4O4. The number of nitrogens with zero attached hydrogens (tertiary/aromatic N) is 4. The first-order valence-corrected chi connectivity index (χ1v) is 14.6. The third-order valence-electron chi connectivity index (χ3n) is 8.35. The number of imidazole rings is 1. The zero-order valence-corrected chi connectivity index (χ0v) is 25.3. The summed E-state index contributed by atoms with van der Waals surface area (Å²) < 4.78 is 86.7. The van der Waals surface area contributed by atoms with E-state index in [1.54, 1.807) is 20.8 Å². The number of fused-ring (bicyclic) bond motifs is 1. The van der Waals surface area contributed by atoms with E-state index in [1.165, 1.54) is 42.3 Å². The number of halogens is 6. The van der Waals surface area contributed by atoms with Gasteiger partial charge in [0, 0.05) is 28.5 Å². The second-order valence-corrected chi connectivity index (χ2v) is 12.5. The van der Waals surface area contributed by atoms with E-state index in [0.29, 0.717) is 5.69 Å². The number of aliphatic hydroxyl groups excluding tert-OH is 1. The van der Waals surface area contributed by atoms with Crippen LogP contribution in [0.1, 0.15) is 61.5 Å². The number of hydrogen-bond donors (Lipinski definition) is 2. The summed E-state index contributed by atoms with van der Waals surface area (Å²) in [6.45, 7) is 6.36. The van der Waals surface area contributed by atoms with Crippen molar-refractivity contribution >= 4 is 11.6 Å². The Morgan fingerprint density at radius 3 is 2.53 bits per heavy atom. The molecule has 6 rings (SSSR count). The maximum Gasteiger partial charge on any atom is 0.418 e. The maximum absolute atomic E-state index is 15.1. The summed E-state index contributed by atoms with van der Waals surface area (Å²) in [7, 11) is 0. The Bertz CT molecular complexity index is 1750. The number of rotatable bonds is 5. The highest BCUT2D eigenvalue weighted by Crippen LogP contribution is 2.47. The van der Waals surface area contributed by atoms with Gasteiger partial charge in [0.15, 0.2) is 11.6 Å². The van der Waals surface area contributed by atoms with Crippen LogP contribution in [-0.2, 0) is 15.7 Å². The number of aromatic nitrogens is 4. The molecule has 14 heteroatoms. The molecule has 0 amide bonds. The van der Waals surface area contributed by atoms with Gasteiger partial charge in [-0.05, 0) is 43.5 Å². The molecule has 8 nitrogen and oxygen atoms in total. The lowest BCUT2D eigenvalue weighted by Crippen LogP contribution is -2.55. The molecule has 0 radical (unpaired) electrons. The van der Waals surface area contributed by atoms with Crippen LogP contribution in [0.15, 0.2) is 48.9 Å². The van der Waals surface area contributed by atoms with Gasteiger partial charge in [-0.2, -0.15) is 18.3 Å². The van der Waals surface area contributed by atoms with E-state index in [4.69, 9.17) is 21.1 Å². The fourth-order valence-corrected chi connectivity index (χ4v) is 6.32. The van der Waals surface area contributed by atoms with Crippen molar-refractivity contribution in [2.75, 3.05) is 6.61 Å². The van der Waals surface area contributed by atoms with Crippen LogP contribution < -0.4 is 0 Å². The Morgan fingerprint density at radius 1 is 1.11 bits per heavy atom. The molecule has 2 aromatic carbocycles. The van der Waals surface area contributed by atoms with Gasteiger partial charge in [0.05, 0.1) is 29.7 Å². The first-order valence-electron chi connectivity index (χ1n) is 14.2. The quantitative estimate of drug-likeness (QED) is 0.246. The molecule has 0 saturated carbocycles. The average molecular weight is 653 g/mol. The fourth-order valence-electron chi connectivity index (χ4n) is 6.15. The van der Waals surface area contributed by atoms with Gasteiger partial charge in [-0.1, -0.05) is 37.6 Å². The molecule has 2 aromatic heterocycles. The lowest BCUT2D eigenvalue weighted by atomic mass is 9.86. The Balaban J connectivity index is 1.45. The van der Waals surface area contributed by atoms with Crippen LogP contribution >= 0.6 is 11.6 Å². The van der Waals surface area contributed by atoms with Crippen molar-refractivity contribution in [2.45, 2.75) is 75.8 Å². The van der Waals surface area contributed by atoms with Gasteiger partial charge in [0.2, 0.25) is 0 Å². The van der Waals surface area contributed by atoms with E-state index in [2.05, 4.69) is 10.1 Å². The predicted octanol–water partition coefficient (Wildman–Crippen LogP) is 6.31. The number of benzene rings is 2. The number of aryl methyl sites for hydroxylation is 1. The van der Waals surface area contributed by atoms with Crippen LogP contribution in [0.25, 0.3) is 16.8 Å². The van der Waals surface area contributed by atoms with E-state index >= 15 is 4.39 Å². The summed E-state index contributed by atoms with van der Waals surface area (Å²) in [5.74, 6) is -2.35. The number of aliphatic hydroxyl groups is 2. The van der Waals surface area contributed by atoms with Gasteiger partial charge in [-0.15, -0.1) is 0 Å². The monoisotopic (exact) mass is 652 g/mol. The highest BCUT2D eigenvalue weighted by Gasteiger charge is 2.58. The van der Waals surface area contributed by atoms with Crippen molar-refractivity contribution in [1.82, 2.24) is 19.3 Å². The maximum atomic E-state index is 15.1. The van der Waals surface area contributed by atoms with Gasteiger partial charge in [-0.25, -0.2) is 13.8 Å². The third-order valence-corrected chi connectivity index (χ3v) is 8.59. The molecule has 2 N–H and O–H groups in total. The van der Waals surface area contributed by atoms with Crippen molar-refractivity contribution in [3.63, 3.8) is 0 Å². The normalized spacial score (nSPS) is 26.9. The van der Waals surface area contributed by atoms with Crippen molar-refractivity contribution in [3.8, 4) is 16.8 Å². The lowest BCUT2D eigenvalue weighted by Gasteiger charge is -2.43. The minimum atomic E-state index is -4.74. The zero-order valence-electron chi connectivity index (χ0n) is 24.6. The Morgan fingerprint density at radius 2 is 1.84 bits per heavy atom. The highest BCUT2D eigenvalue weighted by molar-refractivity contribution is 6.30. The van der Waals surface area contributed by atoms with Crippen molar-refractivity contribution in [3.05, 3.63) is 88.2 Å². The first kappa shape index (κ1) is 31.6. The van der Waals surface area contributed by atoms with Gasteiger partial charge >= 0.3 is 6.18 Å². The van der Waals surface area contributed by atoms with Crippen molar-refractivity contribution in [2.24, 2.45) is 0 Å². The van der Waals surface area contributed by atoms with E-state index in [1.807, 2.05) is 0 Å². The van der Waals surface area contributed by atoms with E-state index in [9.17, 15) is 27.8 Å². The molecule has 45 heavy (non-hydrogen) atoms. The smallest absolute Gasteiger partial charge is 0.388 e. The van der Waals surface area contributed by atoms with Gasteiger partial charge < -0.3 is 24.3 Å². The molecule has 240 valence electrons. The number of alkyl halides is 3. The summed E-state index contributed by atoms with van der Waals surface area (Å²) in [4.78, 5) is 4.42. The van der Waals surface area contributed by atoms with E-state index in [0.717, 1.165) is 22.8 Å². The minimum Gasteiger partial charge on any atom is -0.388 e. The molecule has 2 aliphatic rings. The molecule has 2 aliphatic heterocycles. The molecule has 4 unspecified atom stereocenters. The van der Waals surface area contributed by atoms with E-state index < -0.39 is 59.4 Å². The summed E-state index contributed by atoms with van der Waals surface area (Å²) in [6, 6.07) is 4.97. The molecule has 2 saturated heterocycles. The largest absolute Gasteiger partial charge is 0.418 e. The van der Waals surface area contributed by atoms with Crippen LogP contribution in [0.5, 0.6) is 0 Å². The van der Waals surface area contributed by atoms with Gasteiger partial charge in [0.1, 0.15) is 41.9 Å². The Kier molecular flexibility index (Phi) is 7.84. The second kappa shape index (κ2) is 11.2. The summed E-state index contributed by atoms with van der Waals surface area (Å²) >= 11 is 6.11. The summed E-state index contributed by atoms with van der Waals surface area (Å²) in [6.07, 6.45) is -5.63.